The molecule has 0 radical (unpaired) electrons. The van der Waals surface area contributed by atoms with Gasteiger partial charge in [0.15, 0.2) is 0 Å². The lowest BCUT2D eigenvalue weighted by atomic mass is 9.44. The maximum atomic E-state index is 11.7. The fourth-order valence-corrected chi connectivity index (χ4v) is 9.18. The summed E-state index contributed by atoms with van der Waals surface area (Å²) in [5, 5.41) is 0. The molecule has 31 heavy (non-hydrogen) atoms. The van der Waals surface area contributed by atoms with E-state index in [9.17, 15) is 9.59 Å². The molecule has 9 atom stereocenters. The van der Waals surface area contributed by atoms with Gasteiger partial charge in [0.1, 0.15) is 6.10 Å². The summed E-state index contributed by atoms with van der Waals surface area (Å²) in [5.74, 6) is 4.42. The van der Waals surface area contributed by atoms with Crippen molar-refractivity contribution in [2.24, 2.45) is 46.3 Å². The van der Waals surface area contributed by atoms with Gasteiger partial charge in [-0.2, -0.15) is 0 Å². The van der Waals surface area contributed by atoms with Gasteiger partial charge in [-0.15, -0.1) is 0 Å². The first kappa shape index (κ1) is 23.1. The normalized spacial score (nSPS) is 45.1. The number of hydrogen-bond donors (Lipinski definition) is 0. The Bertz CT molecular complexity index is 689. The predicted octanol–water partition coefficient (Wildman–Crippen LogP) is 6.17. The van der Waals surface area contributed by atoms with E-state index in [0.29, 0.717) is 29.1 Å². The molecule has 0 bridgehead atoms. The summed E-state index contributed by atoms with van der Waals surface area (Å²) in [6.07, 6.45) is 13.1. The maximum absolute atomic E-state index is 11.7. The minimum atomic E-state index is -0.117. The summed E-state index contributed by atoms with van der Waals surface area (Å²) in [7, 11) is 1.50. The van der Waals surface area contributed by atoms with E-state index in [4.69, 9.17) is 9.47 Å². The Morgan fingerprint density at radius 2 is 1.68 bits per heavy atom. The van der Waals surface area contributed by atoms with E-state index in [1.54, 1.807) is 6.92 Å². The van der Waals surface area contributed by atoms with Gasteiger partial charge in [0.2, 0.25) is 0 Å². The Morgan fingerprint density at radius 1 is 0.968 bits per heavy atom. The maximum Gasteiger partial charge on any atom is 0.305 e. The van der Waals surface area contributed by atoms with Gasteiger partial charge in [0.05, 0.1) is 7.11 Å². The summed E-state index contributed by atoms with van der Waals surface area (Å²) in [6.45, 7) is 9.09. The summed E-state index contributed by atoms with van der Waals surface area (Å²) in [6, 6.07) is 0. The van der Waals surface area contributed by atoms with Crippen molar-refractivity contribution in [2.75, 3.05) is 7.11 Å². The highest BCUT2D eigenvalue weighted by atomic mass is 16.5. The molecule has 4 rings (SSSR count). The number of esters is 2. The van der Waals surface area contributed by atoms with Crippen molar-refractivity contribution in [3.8, 4) is 0 Å². The molecular weight excluding hydrogens is 388 g/mol. The van der Waals surface area contributed by atoms with Crippen molar-refractivity contribution in [1.82, 2.24) is 0 Å². The topological polar surface area (TPSA) is 52.6 Å². The van der Waals surface area contributed by atoms with Crippen LogP contribution in [-0.2, 0) is 19.1 Å². The molecule has 0 aliphatic heterocycles. The Balaban J connectivity index is 1.45. The Labute approximate surface area is 189 Å². The molecule has 4 aliphatic rings. The largest absolute Gasteiger partial charge is 0.469 e. The van der Waals surface area contributed by atoms with Gasteiger partial charge in [0.25, 0.3) is 0 Å². The molecule has 4 fully saturated rings. The van der Waals surface area contributed by atoms with E-state index in [-0.39, 0.29) is 18.0 Å². The molecule has 4 saturated carbocycles. The fourth-order valence-electron chi connectivity index (χ4n) is 9.18. The number of hydrogen-bond acceptors (Lipinski definition) is 4. The van der Waals surface area contributed by atoms with Gasteiger partial charge in [0, 0.05) is 13.3 Å². The van der Waals surface area contributed by atoms with Crippen LogP contribution in [0.3, 0.4) is 0 Å². The lowest BCUT2D eigenvalue weighted by Crippen LogP contribution is -2.54. The summed E-state index contributed by atoms with van der Waals surface area (Å²) in [4.78, 5) is 23.2. The number of ether oxygens (including phenoxy) is 2. The van der Waals surface area contributed by atoms with Crippen molar-refractivity contribution in [1.29, 1.82) is 0 Å². The quantitative estimate of drug-likeness (QED) is 0.488. The van der Waals surface area contributed by atoms with E-state index >= 15 is 0 Å². The van der Waals surface area contributed by atoms with Crippen molar-refractivity contribution >= 4 is 11.9 Å². The molecule has 0 spiro atoms. The minimum Gasteiger partial charge on any atom is -0.469 e. The average molecular weight is 433 g/mol. The monoisotopic (exact) mass is 432 g/mol. The van der Waals surface area contributed by atoms with E-state index in [0.717, 1.165) is 42.9 Å². The zero-order valence-corrected chi connectivity index (χ0v) is 20.5. The molecule has 0 aromatic carbocycles. The van der Waals surface area contributed by atoms with Crippen LogP contribution in [0.25, 0.3) is 0 Å². The average Bonchev–Trinajstić information content (AvgIpc) is 3.09. The third kappa shape index (κ3) is 4.06. The predicted molar refractivity (Wildman–Crippen MR) is 121 cm³/mol. The zero-order chi connectivity index (χ0) is 22.4. The molecule has 0 amide bonds. The molecule has 4 aliphatic carbocycles. The Kier molecular flexibility index (Phi) is 6.49. The van der Waals surface area contributed by atoms with Gasteiger partial charge >= 0.3 is 11.9 Å². The Hall–Kier alpha value is -1.06. The van der Waals surface area contributed by atoms with Crippen LogP contribution in [-0.4, -0.2) is 25.2 Å². The minimum absolute atomic E-state index is 0.0640. The van der Waals surface area contributed by atoms with Crippen LogP contribution in [0, 0.1) is 46.3 Å². The number of fused-ring (bicyclic) bond motifs is 5. The van der Waals surface area contributed by atoms with Gasteiger partial charge < -0.3 is 9.47 Å². The van der Waals surface area contributed by atoms with Crippen LogP contribution in [0.4, 0.5) is 0 Å². The summed E-state index contributed by atoms with van der Waals surface area (Å²) in [5.41, 5.74) is 0.865. The lowest BCUT2D eigenvalue weighted by Gasteiger charge is -2.61. The van der Waals surface area contributed by atoms with Crippen LogP contribution in [0.1, 0.15) is 98.3 Å². The van der Waals surface area contributed by atoms with Gasteiger partial charge in [-0.05, 0) is 111 Å². The van der Waals surface area contributed by atoms with Crippen LogP contribution in [0.15, 0.2) is 0 Å². The van der Waals surface area contributed by atoms with Crippen molar-refractivity contribution in [3.63, 3.8) is 0 Å². The molecule has 0 heterocycles. The first-order valence-electron chi connectivity index (χ1n) is 12.9. The molecule has 176 valence electrons. The highest BCUT2D eigenvalue weighted by Gasteiger charge is 2.60. The number of carbonyl (C=O) groups excluding carboxylic acids is 2. The third-order valence-electron chi connectivity index (χ3n) is 10.7. The summed E-state index contributed by atoms with van der Waals surface area (Å²) >= 11 is 0. The second-order valence-corrected chi connectivity index (χ2v) is 12.0. The molecule has 0 aromatic heterocycles. The highest BCUT2D eigenvalue weighted by molar-refractivity contribution is 5.69. The fraction of sp³-hybridized carbons (Fsp3) is 0.926. The lowest BCUT2D eigenvalue weighted by molar-refractivity contribution is -0.160. The third-order valence-corrected chi connectivity index (χ3v) is 10.7. The number of rotatable bonds is 5. The summed E-state index contributed by atoms with van der Waals surface area (Å²) < 4.78 is 10.5. The van der Waals surface area contributed by atoms with E-state index in [1.807, 2.05) is 0 Å². The van der Waals surface area contributed by atoms with Crippen molar-refractivity contribution in [3.05, 3.63) is 0 Å². The highest BCUT2D eigenvalue weighted by Crippen LogP contribution is 2.68. The van der Waals surface area contributed by atoms with Gasteiger partial charge in [-0.25, -0.2) is 0 Å². The van der Waals surface area contributed by atoms with E-state index in [2.05, 4.69) is 20.8 Å². The van der Waals surface area contributed by atoms with Crippen LogP contribution in [0.2, 0.25) is 0 Å². The second kappa shape index (κ2) is 8.71. The number of carbonyl (C=O) groups is 2. The van der Waals surface area contributed by atoms with Crippen LogP contribution < -0.4 is 0 Å². The smallest absolute Gasteiger partial charge is 0.305 e. The van der Waals surface area contributed by atoms with Crippen molar-refractivity contribution in [2.45, 2.75) is 104 Å². The standard InChI is InChI=1S/C27H44O4/c1-17(6-11-25(29)30-5)22-9-10-23-21-8-7-19-16-20(31-18(2)28)12-14-26(19,3)24(21)13-15-27(22,23)4/h17,19-24H,6-16H2,1-5H3/t17-,19-,20+,21?,22?,23?,24?,26+,27-/m1/s1. The van der Waals surface area contributed by atoms with Gasteiger partial charge in [-0.3, -0.25) is 9.59 Å². The van der Waals surface area contributed by atoms with E-state index < -0.39 is 0 Å². The molecule has 4 unspecified atom stereocenters. The molecular formula is C27H44O4. The Morgan fingerprint density at radius 3 is 2.39 bits per heavy atom. The zero-order valence-electron chi connectivity index (χ0n) is 20.5. The second-order valence-electron chi connectivity index (χ2n) is 12.0. The van der Waals surface area contributed by atoms with Gasteiger partial charge in [-0.1, -0.05) is 20.8 Å². The molecule has 0 aromatic rings. The first-order valence-corrected chi connectivity index (χ1v) is 12.9. The first-order chi connectivity index (χ1) is 14.7. The molecule has 0 N–H and O–H groups in total. The molecule has 4 nitrogen and oxygen atoms in total. The van der Waals surface area contributed by atoms with Crippen molar-refractivity contribution < 1.29 is 19.1 Å². The van der Waals surface area contributed by atoms with Crippen LogP contribution >= 0.6 is 0 Å². The number of methoxy groups -OCH3 is 1. The molecule has 0 saturated heterocycles. The van der Waals surface area contributed by atoms with E-state index in [1.165, 1.54) is 52.1 Å². The van der Waals surface area contributed by atoms with Crippen LogP contribution in [0.5, 0.6) is 0 Å². The molecule has 4 heteroatoms. The SMILES string of the molecule is COC(=O)CC[C@@H](C)C1CCC2C3CC[C@@H]4C[C@@H](OC(C)=O)CC[C@]4(C)C3CC[C@@]21C.